The first-order valence-corrected chi connectivity index (χ1v) is 13.1. The maximum absolute atomic E-state index is 15.5. The Morgan fingerprint density at radius 2 is 1.87 bits per heavy atom. The standard InChI is InChI=1S/C28H34F3N7O/c1-19(2)16-24(32-3)34-25-23-17-20(26(39)33-12-7-15-37-13-5-4-6-14-37)18-38(23)36-27(35-25)28(30,31)21-8-10-22(29)11-9-21/h8-11,16-18H,4-7,12-15H2,1-3H3,(H,33,39)(H,32,34,35,36). The summed E-state index contributed by atoms with van der Waals surface area (Å²) in [7, 11) is 1.56. The van der Waals surface area contributed by atoms with Gasteiger partial charge in [0, 0.05) is 25.4 Å². The number of amidine groups is 1. The molecule has 1 fully saturated rings. The Bertz CT molecular complexity index is 1360. The molecule has 208 valence electrons. The van der Waals surface area contributed by atoms with Crippen molar-refractivity contribution in [3.63, 3.8) is 0 Å². The molecule has 1 amide bonds. The Kier molecular flexibility index (Phi) is 9.01. The number of hydrogen-bond donors (Lipinski definition) is 2. The number of piperidine rings is 1. The van der Waals surface area contributed by atoms with Gasteiger partial charge in [0.25, 0.3) is 5.91 Å². The fourth-order valence-electron chi connectivity index (χ4n) is 4.48. The molecular formula is C28H34F3N7O. The molecule has 1 aliphatic heterocycles. The lowest BCUT2D eigenvalue weighted by Crippen LogP contribution is -2.33. The van der Waals surface area contributed by atoms with Gasteiger partial charge in [-0.25, -0.2) is 13.9 Å². The molecule has 0 radical (unpaired) electrons. The van der Waals surface area contributed by atoms with Gasteiger partial charge in [-0.15, -0.1) is 5.10 Å². The number of aliphatic imine (C=N–C) groups is 1. The quantitative estimate of drug-likeness (QED) is 0.226. The fraction of sp³-hybridized carbons (Fsp3) is 0.429. The minimum atomic E-state index is -3.63. The Balaban J connectivity index is 1.62. The number of anilines is 1. The van der Waals surface area contributed by atoms with Crippen molar-refractivity contribution >= 4 is 23.1 Å². The zero-order valence-corrected chi connectivity index (χ0v) is 22.5. The molecule has 3 aromatic rings. The van der Waals surface area contributed by atoms with Crippen molar-refractivity contribution < 1.29 is 18.0 Å². The number of hydrogen-bond acceptors (Lipinski definition) is 5. The summed E-state index contributed by atoms with van der Waals surface area (Å²) in [6, 6.07) is 5.47. The van der Waals surface area contributed by atoms with Crippen LogP contribution in [0.25, 0.3) is 5.52 Å². The number of rotatable bonds is 9. The van der Waals surface area contributed by atoms with Gasteiger partial charge in [-0.05, 0) is 89.2 Å². The summed E-state index contributed by atoms with van der Waals surface area (Å²) in [6.45, 7) is 7.35. The van der Waals surface area contributed by atoms with Gasteiger partial charge in [-0.3, -0.25) is 9.79 Å². The number of nitrogens with one attached hydrogen (secondary N) is 2. The van der Waals surface area contributed by atoms with Crippen molar-refractivity contribution in [2.45, 2.75) is 45.5 Å². The van der Waals surface area contributed by atoms with Crippen molar-refractivity contribution in [1.82, 2.24) is 24.8 Å². The van der Waals surface area contributed by atoms with Crippen molar-refractivity contribution in [2.75, 3.05) is 38.5 Å². The Morgan fingerprint density at radius 1 is 1.15 bits per heavy atom. The second-order valence-corrected chi connectivity index (χ2v) is 9.89. The summed E-state index contributed by atoms with van der Waals surface area (Å²) in [5.41, 5.74) is 1.08. The molecule has 1 saturated heterocycles. The summed E-state index contributed by atoms with van der Waals surface area (Å²) in [4.78, 5) is 23.6. The highest BCUT2D eigenvalue weighted by Gasteiger charge is 2.39. The number of carbonyl (C=O) groups excluding carboxylic acids is 1. The zero-order valence-electron chi connectivity index (χ0n) is 22.5. The zero-order chi connectivity index (χ0) is 28.0. The molecule has 0 bridgehead atoms. The van der Waals surface area contributed by atoms with Gasteiger partial charge < -0.3 is 15.5 Å². The molecule has 2 N–H and O–H groups in total. The van der Waals surface area contributed by atoms with Crippen LogP contribution in [-0.4, -0.2) is 64.5 Å². The van der Waals surface area contributed by atoms with E-state index in [9.17, 15) is 9.18 Å². The molecule has 0 saturated carbocycles. The first kappa shape index (κ1) is 28.3. The first-order valence-electron chi connectivity index (χ1n) is 13.1. The SMILES string of the molecule is CN=C(C=C(C)C)Nc1nc(C(F)(F)c2ccc(F)cc2)nn2cc(C(=O)NCCCN3CCCCC3)cc12. The first-order chi connectivity index (χ1) is 18.7. The maximum Gasteiger partial charge on any atom is 0.333 e. The van der Waals surface area contributed by atoms with E-state index in [4.69, 9.17) is 0 Å². The second-order valence-electron chi connectivity index (χ2n) is 9.89. The van der Waals surface area contributed by atoms with E-state index in [2.05, 4.69) is 30.6 Å². The van der Waals surface area contributed by atoms with Gasteiger partial charge in [0.05, 0.1) is 5.56 Å². The Hall–Kier alpha value is -3.73. The number of halogens is 3. The van der Waals surface area contributed by atoms with Crippen LogP contribution >= 0.6 is 0 Å². The lowest BCUT2D eigenvalue weighted by Gasteiger charge is -2.26. The summed E-state index contributed by atoms with van der Waals surface area (Å²) in [5.74, 6) is -4.93. The van der Waals surface area contributed by atoms with E-state index in [1.165, 1.54) is 30.0 Å². The van der Waals surface area contributed by atoms with Crippen molar-refractivity contribution in [3.05, 3.63) is 70.9 Å². The van der Waals surface area contributed by atoms with Crippen molar-refractivity contribution in [3.8, 4) is 0 Å². The number of alkyl halides is 2. The van der Waals surface area contributed by atoms with Crippen LogP contribution in [0.4, 0.5) is 19.0 Å². The van der Waals surface area contributed by atoms with Crippen LogP contribution in [0.1, 0.15) is 61.3 Å². The minimum absolute atomic E-state index is 0.0593. The smallest absolute Gasteiger partial charge is 0.333 e. The molecule has 0 spiro atoms. The summed E-state index contributed by atoms with van der Waals surface area (Å²) >= 11 is 0. The molecule has 1 aromatic carbocycles. The highest BCUT2D eigenvalue weighted by Crippen LogP contribution is 2.34. The van der Waals surface area contributed by atoms with Crippen LogP contribution in [0.2, 0.25) is 0 Å². The lowest BCUT2D eigenvalue weighted by atomic mass is 10.1. The highest BCUT2D eigenvalue weighted by molar-refractivity contribution is 6.06. The molecule has 0 atom stereocenters. The molecule has 0 aliphatic carbocycles. The molecular weight excluding hydrogens is 507 g/mol. The molecule has 2 aromatic heterocycles. The van der Waals surface area contributed by atoms with Crippen LogP contribution in [0.5, 0.6) is 0 Å². The number of carbonyl (C=O) groups is 1. The average molecular weight is 542 g/mol. The van der Waals surface area contributed by atoms with E-state index in [0.29, 0.717) is 17.9 Å². The van der Waals surface area contributed by atoms with Gasteiger partial charge in [0.2, 0.25) is 5.82 Å². The highest BCUT2D eigenvalue weighted by atomic mass is 19.3. The van der Waals surface area contributed by atoms with Crippen LogP contribution < -0.4 is 10.6 Å². The number of fused-ring (bicyclic) bond motifs is 1. The molecule has 39 heavy (non-hydrogen) atoms. The number of likely N-dealkylation sites (tertiary alicyclic amines) is 1. The molecule has 3 heterocycles. The maximum atomic E-state index is 15.5. The predicted octanol–water partition coefficient (Wildman–Crippen LogP) is 5.02. The van der Waals surface area contributed by atoms with Crippen LogP contribution in [0.15, 0.2) is 53.2 Å². The van der Waals surface area contributed by atoms with Crippen LogP contribution in [0.3, 0.4) is 0 Å². The molecule has 1 aliphatic rings. The van der Waals surface area contributed by atoms with E-state index in [-0.39, 0.29) is 17.3 Å². The van der Waals surface area contributed by atoms with Crippen molar-refractivity contribution in [2.24, 2.45) is 4.99 Å². The Labute approximate surface area is 226 Å². The topological polar surface area (TPSA) is 86.9 Å². The van der Waals surface area contributed by atoms with E-state index in [0.717, 1.165) is 55.9 Å². The molecule has 4 rings (SSSR count). The van der Waals surface area contributed by atoms with E-state index < -0.39 is 23.1 Å². The van der Waals surface area contributed by atoms with E-state index in [1.807, 2.05) is 13.8 Å². The van der Waals surface area contributed by atoms with Gasteiger partial charge in [-0.1, -0.05) is 12.0 Å². The van der Waals surface area contributed by atoms with E-state index in [1.54, 1.807) is 19.2 Å². The summed E-state index contributed by atoms with van der Waals surface area (Å²) in [6.07, 6.45) is 7.65. The van der Waals surface area contributed by atoms with E-state index >= 15 is 8.78 Å². The Morgan fingerprint density at radius 3 is 2.54 bits per heavy atom. The summed E-state index contributed by atoms with van der Waals surface area (Å²) in [5, 5.41) is 9.94. The number of nitrogens with zero attached hydrogens (tertiary/aromatic N) is 5. The van der Waals surface area contributed by atoms with Gasteiger partial charge in [-0.2, -0.15) is 8.78 Å². The normalized spacial score (nSPS) is 14.9. The fourth-order valence-corrected chi connectivity index (χ4v) is 4.48. The second kappa shape index (κ2) is 12.4. The monoisotopic (exact) mass is 541 g/mol. The van der Waals surface area contributed by atoms with Crippen LogP contribution in [0, 0.1) is 5.82 Å². The lowest BCUT2D eigenvalue weighted by molar-refractivity contribution is 0.0315. The third-order valence-electron chi connectivity index (χ3n) is 6.51. The minimum Gasteiger partial charge on any atom is -0.352 e. The number of aromatic nitrogens is 3. The largest absolute Gasteiger partial charge is 0.352 e. The number of benzene rings is 1. The molecule has 8 nitrogen and oxygen atoms in total. The summed E-state index contributed by atoms with van der Waals surface area (Å²) < 4.78 is 45.5. The van der Waals surface area contributed by atoms with Crippen LogP contribution in [-0.2, 0) is 5.92 Å². The predicted molar refractivity (Wildman–Crippen MR) is 146 cm³/mol. The van der Waals surface area contributed by atoms with Gasteiger partial charge >= 0.3 is 5.92 Å². The van der Waals surface area contributed by atoms with Gasteiger partial charge in [0.15, 0.2) is 5.82 Å². The molecule has 0 unspecified atom stereocenters. The van der Waals surface area contributed by atoms with Crippen molar-refractivity contribution in [1.29, 1.82) is 0 Å². The average Bonchev–Trinajstić information content (AvgIpc) is 3.36. The third kappa shape index (κ3) is 7.03. The molecule has 11 heteroatoms. The number of allylic oxidation sites excluding steroid dienone is 1. The third-order valence-corrected chi connectivity index (χ3v) is 6.51. The van der Waals surface area contributed by atoms with Gasteiger partial charge in [0.1, 0.15) is 17.2 Å². The number of amides is 1.